The zero-order valence-corrected chi connectivity index (χ0v) is 20.4. The van der Waals surface area contributed by atoms with Gasteiger partial charge in [0.2, 0.25) is 0 Å². The summed E-state index contributed by atoms with van der Waals surface area (Å²) in [7, 11) is 2.65. The van der Waals surface area contributed by atoms with E-state index in [1.807, 2.05) is 85.8 Å². The zero-order valence-electron chi connectivity index (χ0n) is 20.4. The van der Waals surface area contributed by atoms with E-state index in [0.717, 1.165) is 22.3 Å². The summed E-state index contributed by atoms with van der Waals surface area (Å²) in [6.45, 7) is 2.57. The van der Waals surface area contributed by atoms with E-state index in [-0.39, 0.29) is 12.5 Å². The van der Waals surface area contributed by atoms with E-state index in [9.17, 15) is 9.59 Å². The van der Waals surface area contributed by atoms with Crippen molar-refractivity contribution in [3.8, 4) is 0 Å². The Kier molecular flexibility index (Phi) is 7.47. The minimum Gasteiger partial charge on any atom is -0.468 e. The van der Waals surface area contributed by atoms with Crippen LogP contribution in [-0.4, -0.2) is 37.1 Å². The number of hydrogen-bond acceptors (Lipinski definition) is 5. The Morgan fingerprint density at radius 1 is 0.886 bits per heavy atom. The van der Waals surface area contributed by atoms with Crippen molar-refractivity contribution < 1.29 is 19.1 Å². The second-order valence-corrected chi connectivity index (χ2v) is 8.97. The highest BCUT2D eigenvalue weighted by molar-refractivity contribution is 6.01. The quantitative estimate of drug-likeness (QED) is 0.345. The summed E-state index contributed by atoms with van der Waals surface area (Å²) in [5.41, 5.74) is 2.61. The summed E-state index contributed by atoms with van der Waals surface area (Å²) in [6.07, 6.45) is 4.37. The molecule has 0 saturated carbocycles. The van der Waals surface area contributed by atoms with E-state index < -0.39 is 23.4 Å². The van der Waals surface area contributed by atoms with E-state index in [4.69, 9.17) is 9.47 Å². The van der Waals surface area contributed by atoms with Crippen LogP contribution >= 0.6 is 0 Å². The lowest BCUT2D eigenvalue weighted by molar-refractivity contribution is -0.171. The van der Waals surface area contributed by atoms with Crippen molar-refractivity contribution in [1.29, 1.82) is 0 Å². The van der Waals surface area contributed by atoms with Gasteiger partial charge in [-0.1, -0.05) is 103 Å². The molecule has 0 N–H and O–H groups in total. The number of aryl methyl sites for hydroxylation is 1. The summed E-state index contributed by atoms with van der Waals surface area (Å²) in [4.78, 5) is 29.1. The number of hydrogen-bond donors (Lipinski definition) is 0. The summed E-state index contributed by atoms with van der Waals surface area (Å²) in [5, 5.41) is 0. The van der Waals surface area contributed by atoms with Crippen LogP contribution in [0.25, 0.3) is 6.08 Å². The summed E-state index contributed by atoms with van der Waals surface area (Å²) >= 11 is 0. The summed E-state index contributed by atoms with van der Waals surface area (Å²) in [5.74, 6) is -1.16. The highest BCUT2D eigenvalue weighted by Crippen LogP contribution is 2.53. The number of nitrogens with zero attached hydrogens (tertiary/aromatic N) is 1. The van der Waals surface area contributed by atoms with Gasteiger partial charge in [-0.25, -0.2) is 0 Å². The molecule has 0 amide bonds. The number of ether oxygens (including phenoxy) is 2. The van der Waals surface area contributed by atoms with Crippen LogP contribution in [0.3, 0.4) is 0 Å². The van der Waals surface area contributed by atoms with E-state index in [0.29, 0.717) is 6.54 Å². The smallest absolute Gasteiger partial charge is 0.325 e. The maximum atomic E-state index is 13.4. The Labute approximate surface area is 207 Å². The van der Waals surface area contributed by atoms with Crippen LogP contribution in [0.4, 0.5) is 0 Å². The Morgan fingerprint density at radius 2 is 1.46 bits per heavy atom. The Hall–Kier alpha value is -3.70. The molecular formula is C30H31NO4. The molecule has 35 heavy (non-hydrogen) atoms. The van der Waals surface area contributed by atoms with Crippen molar-refractivity contribution in [3.05, 3.63) is 113 Å². The van der Waals surface area contributed by atoms with Crippen LogP contribution in [0.1, 0.15) is 34.7 Å². The predicted octanol–water partition coefficient (Wildman–Crippen LogP) is 5.36. The molecule has 180 valence electrons. The molecule has 1 aliphatic rings. The molecule has 0 aliphatic carbocycles. The summed E-state index contributed by atoms with van der Waals surface area (Å²) in [6, 6.07) is 27.3. The second-order valence-electron chi connectivity index (χ2n) is 8.97. The number of methoxy groups -OCH3 is 2. The number of carbonyl (C=O) groups excluding carboxylic acids is 2. The lowest BCUT2D eigenvalue weighted by atomic mass is 9.76. The lowest BCUT2D eigenvalue weighted by Crippen LogP contribution is -2.45. The van der Waals surface area contributed by atoms with Gasteiger partial charge < -0.3 is 9.47 Å². The molecule has 3 aromatic rings. The van der Waals surface area contributed by atoms with Crippen LogP contribution in [-0.2, 0) is 25.6 Å². The molecule has 1 heterocycles. The van der Waals surface area contributed by atoms with Gasteiger partial charge in [0.15, 0.2) is 5.41 Å². The average molecular weight is 470 g/mol. The minimum atomic E-state index is -1.50. The van der Waals surface area contributed by atoms with Gasteiger partial charge >= 0.3 is 11.9 Å². The van der Waals surface area contributed by atoms with Crippen LogP contribution in [0.2, 0.25) is 0 Å². The van der Waals surface area contributed by atoms with Gasteiger partial charge in [0.1, 0.15) is 0 Å². The molecular weight excluding hydrogens is 438 g/mol. The fourth-order valence-electron chi connectivity index (χ4n) is 5.06. The molecule has 3 aromatic carbocycles. The van der Waals surface area contributed by atoms with Crippen molar-refractivity contribution in [1.82, 2.24) is 4.90 Å². The van der Waals surface area contributed by atoms with Gasteiger partial charge in [0.25, 0.3) is 0 Å². The monoisotopic (exact) mass is 469 g/mol. The SMILES string of the molecule is COC(=O)C1(C(=O)OC)C[C@H](/C=C/c2ccccc2)N(Cc2ccccc2)[C@@H]1c1ccc(C)cc1. The number of rotatable bonds is 7. The van der Waals surface area contributed by atoms with E-state index in [2.05, 4.69) is 23.1 Å². The molecule has 1 fully saturated rings. The third-order valence-electron chi connectivity index (χ3n) is 6.77. The molecule has 1 saturated heterocycles. The zero-order chi connectivity index (χ0) is 24.8. The summed E-state index contributed by atoms with van der Waals surface area (Å²) < 4.78 is 10.5. The number of likely N-dealkylation sites (tertiary alicyclic amines) is 1. The highest BCUT2D eigenvalue weighted by atomic mass is 16.5. The second kappa shape index (κ2) is 10.7. The van der Waals surface area contributed by atoms with Crippen LogP contribution in [0, 0.1) is 12.3 Å². The molecule has 0 spiro atoms. The van der Waals surface area contributed by atoms with Gasteiger partial charge in [-0.05, 0) is 30.0 Å². The van der Waals surface area contributed by atoms with Crippen molar-refractivity contribution in [2.45, 2.75) is 32.0 Å². The van der Waals surface area contributed by atoms with Gasteiger partial charge in [0, 0.05) is 12.6 Å². The third-order valence-corrected chi connectivity index (χ3v) is 6.77. The largest absolute Gasteiger partial charge is 0.468 e. The molecule has 4 rings (SSSR count). The lowest BCUT2D eigenvalue weighted by Gasteiger charge is -2.35. The first-order chi connectivity index (χ1) is 17.0. The average Bonchev–Trinajstić information content (AvgIpc) is 3.22. The van der Waals surface area contributed by atoms with Gasteiger partial charge in [0.05, 0.1) is 20.3 Å². The first-order valence-corrected chi connectivity index (χ1v) is 11.8. The molecule has 1 aliphatic heterocycles. The molecule has 0 aromatic heterocycles. The molecule has 5 nitrogen and oxygen atoms in total. The Morgan fingerprint density at radius 3 is 2.03 bits per heavy atom. The Bertz CT molecular complexity index is 1160. The van der Waals surface area contributed by atoms with Gasteiger partial charge in [-0.15, -0.1) is 0 Å². The van der Waals surface area contributed by atoms with Crippen molar-refractivity contribution >= 4 is 18.0 Å². The third kappa shape index (κ3) is 4.91. The minimum absolute atomic E-state index is 0.208. The topological polar surface area (TPSA) is 55.8 Å². The first-order valence-electron chi connectivity index (χ1n) is 11.8. The van der Waals surface area contributed by atoms with Gasteiger partial charge in [-0.2, -0.15) is 0 Å². The standard InChI is InChI=1S/C30H31NO4/c1-22-14-17-25(18-15-22)27-30(28(32)34-2,29(33)35-3)20-26(19-16-23-10-6-4-7-11-23)31(27)21-24-12-8-5-9-13-24/h4-19,26-27H,20-21H2,1-3H3/b19-16+/t26-,27+/m0/s1. The fraction of sp³-hybridized carbons (Fsp3) is 0.267. The van der Waals surface area contributed by atoms with E-state index in [1.165, 1.54) is 14.2 Å². The van der Waals surface area contributed by atoms with Crippen LogP contribution in [0.5, 0.6) is 0 Å². The molecule has 2 atom stereocenters. The normalized spacial score (nSPS) is 19.5. The van der Waals surface area contributed by atoms with E-state index >= 15 is 0 Å². The van der Waals surface area contributed by atoms with Gasteiger partial charge in [-0.3, -0.25) is 14.5 Å². The van der Waals surface area contributed by atoms with Crippen molar-refractivity contribution in [2.75, 3.05) is 14.2 Å². The molecule has 0 unspecified atom stereocenters. The Balaban J connectivity index is 1.88. The van der Waals surface area contributed by atoms with Crippen molar-refractivity contribution in [3.63, 3.8) is 0 Å². The molecule has 5 heteroatoms. The fourth-order valence-corrected chi connectivity index (χ4v) is 5.06. The van der Waals surface area contributed by atoms with E-state index in [1.54, 1.807) is 0 Å². The highest BCUT2D eigenvalue weighted by Gasteiger charge is 2.63. The molecule has 0 bridgehead atoms. The van der Waals surface area contributed by atoms with Crippen molar-refractivity contribution in [2.24, 2.45) is 5.41 Å². The number of esters is 2. The maximum absolute atomic E-state index is 13.4. The molecule has 0 radical (unpaired) electrons. The maximum Gasteiger partial charge on any atom is 0.325 e. The van der Waals surface area contributed by atoms with Crippen LogP contribution in [0.15, 0.2) is 91.0 Å². The number of carbonyl (C=O) groups is 2. The predicted molar refractivity (Wildman–Crippen MR) is 136 cm³/mol. The van der Waals surface area contributed by atoms with Crippen LogP contribution < -0.4 is 0 Å². The first kappa shape index (κ1) is 24.4. The number of benzene rings is 3.